The van der Waals surface area contributed by atoms with Crippen LogP contribution in [0.2, 0.25) is 0 Å². The van der Waals surface area contributed by atoms with Crippen LogP contribution in [-0.2, 0) is 14.3 Å². The normalized spacial score (nSPS) is 21.6. The third-order valence-electron chi connectivity index (χ3n) is 5.41. The Morgan fingerprint density at radius 1 is 1.21 bits per heavy atom. The molecule has 2 aliphatic rings. The molecule has 0 saturated carbocycles. The molecular formula is C24H31NO4. The van der Waals surface area contributed by atoms with E-state index in [0.29, 0.717) is 36.4 Å². The summed E-state index contributed by atoms with van der Waals surface area (Å²) in [6.07, 6.45) is 1.03. The van der Waals surface area contributed by atoms with Gasteiger partial charge in [-0.1, -0.05) is 46.8 Å². The fourth-order valence-electron chi connectivity index (χ4n) is 4.07. The van der Waals surface area contributed by atoms with Gasteiger partial charge in [-0.15, -0.1) is 0 Å². The molecule has 0 unspecified atom stereocenters. The molecule has 0 bridgehead atoms. The van der Waals surface area contributed by atoms with E-state index in [-0.39, 0.29) is 22.9 Å². The summed E-state index contributed by atoms with van der Waals surface area (Å²) in [4.78, 5) is 26.5. The fraction of sp³-hybridized carbons (Fsp3) is 0.500. The molecule has 0 fully saturated rings. The molecule has 0 spiro atoms. The monoisotopic (exact) mass is 397 g/mol. The van der Waals surface area contributed by atoms with Crippen LogP contribution in [0.1, 0.15) is 65.9 Å². The third-order valence-corrected chi connectivity index (χ3v) is 5.41. The number of Topliss-reactive ketones (excluding diaryl/α,β-unsaturated/α-hetero) is 2. The number of rotatable bonds is 4. The van der Waals surface area contributed by atoms with E-state index in [1.165, 1.54) is 0 Å². The zero-order chi connectivity index (χ0) is 21.6. The number of benzene rings is 1. The zero-order valence-electron chi connectivity index (χ0n) is 18.2. The van der Waals surface area contributed by atoms with Gasteiger partial charge in [-0.25, -0.2) is 0 Å². The number of carbonyl (C=O) groups excluding carboxylic acids is 2. The maximum Gasteiger partial charge on any atom is 0.198 e. The van der Waals surface area contributed by atoms with Crippen LogP contribution in [0.5, 0.6) is 5.75 Å². The number of carbonyl (C=O) groups is 2. The second kappa shape index (κ2) is 7.36. The molecule has 1 aliphatic carbocycles. The van der Waals surface area contributed by atoms with Crippen LogP contribution in [0.4, 0.5) is 0 Å². The molecule has 1 aliphatic heterocycles. The van der Waals surface area contributed by atoms with Gasteiger partial charge in [0.1, 0.15) is 11.5 Å². The first-order valence-corrected chi connectivity index (χ1v) is 10.2. The third kappa shape index (κ3) is 4.09. The first-order valence-electron chi connectivity index (χ1n) is 10.2. The van der Waals surface area contributed by atoms with Gasteiger partial charge in [0.05, 0.1) is 12.2 Å². The molecule has 1 heterocycles. The van der Waals surface area contributed by atoms with Crippen molar-refractivity contribution in [2.24, 2.45) is 16.6 Å². The molecule has 156 valence electrons. The molecule has 0 aromatic heterocycles. The van der Waals surface area contributed by atoms with E-state index in [0.717, 1.165) is 11.3 Å². The summed E-state index contributed by atoms with van der Waals surface area (Å²) in [7, 11) is 0. The average molecular weight is 398 g/mol. The Morgan fingerprint density at radius 2 is 1.83 bits per heavy atom. The largest absolute Gasteiger partial charge is 0.494 e. The smallest absolute Gasteiger partial charge is 0.198 e. The van der Waals surface area contributed by atoms with Crippen LogP contribution in [0, 0.1) is 10.8 Å². The summed E-state index contributed by atoms with van der Waals surface area (Å²) in [6, 6.07) is 7.53. The van der Waals surface area contributed by atoms with Gasteiger partial charge < -0.3 is 15.2 Å². The highest BCUT2D eigenvalue weighted by Crippen LogP contribution is 2.49. The first kappa shape index (κ1) is 21.2. The molecule has 3 rings (SSSR count). The molecule has 1 aromatic carbocycles. The summed E-state index contributed by atoms with van der Waals surface area (Å²) in [5.41, 5.74) is 7.21. The molecule has 0 radical (unpaired) electrons. The molecular weight excluding hydrogens is 366 g/mol. The van der Waals surface area contributed by atoms with Gasteiger partial charge in [-0.3, -0.25) is 9.59 Å². The summed E-state index contributed by atoms with van der Waals surface area (Å²) < 4.78 is 11.5. The van der Waals surface area contributed by atoms with Crippen LogP contribution in [0.15, 0.2) is 47.1 Å². The lowest BCUT2D eigenvalue weighted by atomic mass is 9.68. The van der Waals surface area contributed by atoms with Gasteiger partial charge >= 0.3 is 0 Å². The van der Waals surface area contributed by atoms with Crippen molar-refractivity contribution >= 4 is 11.6 Å². The molecule has 2 N–H and O–H groups in total. The van der Waals surface area contributed by atoms with Crippen molar-refractivity contribution in [1.29, 1.82) is 0 Å². The van der Waals surface area contributed by atoms with E-state index in [1.807, 2.05) is 65.8 Å². The number of allylic oxidation sites excluding steroid dienone is 3. The lowest BCUT2D eigenvalue weighted by Gasteiger charge is -2.39. The lowest BCUT2D eigenvalue weighted by Crippen LogP contribution is -2.37. The highest BCUT2D eigenvalue weighted by molar-refractivity contribution is 6.07. The van der Waals surface area contributed by atoms with Gasteiger partial charge in [-0.05, 0) is 30.0 Å². The van der Waals surface area contributed by atoms with Crippen molar-refractivity contribution in [3.05, 3.63) is 52.6 Å². The van der Waals surface area contributed by atoms with E-state index in [9.17, 15) is 9.59 Å². The Kier molecular flexibility index (Phi) is 5.37. The van der Waals surface area contributed by atoms with Crippen LogP contribution in [-0.4, -0.2) is 18.2 Å². The zero-order valence-corrected chi connectivity index (χ0v) is 18.2. The molecule has 29 heavy (non-hydrogen) atoms. The SMILES string of the molecule is CCOc1ccc([C@@H]2C(C(=O)C(C)(C)C)=C(N)OC3=C2C(=O)CC(C)(C)C3)cc1. The number of nitrogens with two attached hydrogens (primary N) is 1. The van der Waals surface area contributed by atoms with Crippen molar-refractivity contribution < 1.29 is 19.1 Å². The second-order valence-corrected chi connectivity index (χ2v) is 9.67. The fourth-order valence-corrected chi connectivity index (χ4v) is 4.07. The Morgan fingerprint density at radius 3 is 2.38 bits per heavy atom. The number of hydrogen-bond donors (Lipinski definition) is 1. The minimum absolute atomic E-state index is 0.0156. The minimum atomic E-state index is -0.651. The van der Waals surface area contributed by atoms with Crippen molar-refractivity contribution in [3.8, 4) is 5.75 Å². The van der Waals surface area contributed by atoms with Crippen LogP contribution in [0.3, 0.4) is 0 Å². The second-order valence-electron chi connectivity index (χ2n) is 9.67. The van der Waals surface area contributed by atoms with Crippen LogP contribution in [0.25, 0.3) is 0 Å². The standard InChI is InChI=1S/C24H31NO4/c1-7-28-15-10-8-14(9-11-15)18-19-16(26)12-24(5,6)13-17(19)29-22(25)20(18)21(27)23(2,3)4/h8-11,18H,7,12-13,25H2,1-6H3/t18-/m0/s1. The number of ether oxygens (including phenoxy) is 2. The van der Waals surface area contributed by atoms with E-state index in [1.54, 1.807) is 0 Å². The van der Waals surface area contributed by atoms with Gasteiger partial charge in [0.2, 0.25) is 0 Å². The quantitative estimate of drug-likeness (QED) is 0.801. The predicted octanol–water partition coefficient (Wildman–Crippen LogP) is 4.63. The van der Waals surface area contributed by atoms with E-state index >= 15 is 0 Å². The molecule has 5 heteroatoms. The van der Waals surface area contributed by atoms with Crippen molar-refractivity contribution in [2.45, 2.75) is 60.3 Å². The highest BCUT2D eigenvalue weighted by Gasteiger charge is 2.46. The molecule has 0 saturated heterocycles. The predicted molar refractivity (Wildman–Crippen MR) is 112 cm³/mol. The van der Waals surface area contributed by atoms with Crippen molar-refractivity contribution in [3.63, 3.8) is 0 Å². The molecule has 1 aromatic rings. The number of hydrogen-bond acceptors (Lipinski definition) is 5. The highest BCUT2D eigenvalue weighted by atomic mass is 16.5. The maximum absolute atomic E-state index is 13.3. The van der Waals surface area contributed by atoms with Gasteiger partial charge in [0.25, 0.3) is 0 Å². The van der Waals surface area contributed by atoms with E-state index < -0.39 is 11.3 Å². The van der Waals surface area contributed by atoms with Gasteiger partial charge in [0.15, 0.2) is 17.4 Å². The van der Waals surface area contributed by atoms with E-state index in [4.69, 9.17) is 15.2 Å². The first-order chi connectivity index (χ1) is 13.4. The average Bonchev–Trinajstić information content (AvgIpc) is 2.59. The molecule has 1 atom stereocenters. The summed E-state index contributed by atoms with van der Waals surface area (Å²) in [5.74, 6) is 0.820. The van der Waals surface area contributed by atoms with Crippen molar-refractivity contribution in [1.82, 2.24) is 0 Å². The molecule has 5 nitrogen and oxygen atoms in total. The van der Waals surface area contributed by atoms with Crippen molar-refractivity contribution in [2.75, 3.05) is 6.61 Å². The Balaban J connectivity index is 2.17. The Hall–Kier alpha value is -2.56. The maximum atomic E-state index is 13.3. The van der Waals surface area contributed by atoms with Crippen LogP contribution >= 0.6 is 0 Å². The topological polar surface area (TPSA) is 78.6 Å². The Labute approximate surface area is 172 Å². The van der Waals surface area contributed by atoms with Gasteiger partial charge in [-0.2, -0.15) is 0 Å². The summed E-state index contributed by atoms with van der Waals surface area (Å²) in [5, 5.41) is 0. The minimum Gasteiger partial charge on any atom is -0.494 e. The van der Waals surface area contributed by atoms with E-state index in [2.05, 4.69) is 0 Å². The van der Waals surface area contributed by atoms with Gasteiger partial charge in [0, 0.05) is 29.7 Å². The summed E-state index contributed by atoms with van der Waals surface area (Å²) in [6.45, 7) is 12.1. The Bertz CT molecular complexity index is 898. The molecule has 0 amide bonds. The summed E-state index contributed by atoms with van der Waals surface area (Å²) >= 11 is 0. The number of ketones is 2. The van der Waals surface area contributed by atoms with Crippen LogP contribution < -0.4 is 10.5 Å². The lowest BCUT2D eigenvalue weighted by molar-refractivity contribution is -0.123.